The van der Waals surface area contributed by atoms with E-state index in [2.05, 4.69) is 0 Å². The van der Waals surface area contributed by atoms with Crippen molar-refractivity contribution < 1.29 is 14.3 Å². The summed E-state index contributed by atoms with van der Waals surface area (Å²) in [5, 5.41) is 10.6. The number of methoxy groups -OCH3 is 1. The molecule has 1 aliphatic rings. The van der Waals surface area contributed by atoms with Crippen LogP contribution in [0.1, 0.15) is 34.5 Å². The number of hydrogen-bond donors (Lipinski definition) is 0. The van der Waals surface area contributed by atoms with E-state index in [1.165, 1.54) is 11.3 Å². The first-order chi connectivity index (χ1) is 8.26. The molecule has 1 aromatic heterocycles. The van der Waals surface area contributed by atoms with Crippen LogP contribution in [0, 0.1) is 11.3 Å². The predicted octanol–water partition coefficient (Wildman–Crippen LogP) is 2.34. The first-order valence-corrected chi connectivity index (χ1v) is 6.35. The van der Waals surface area contributed by atoms with Crippen molar-refractivity contribution in [1.82, 2.24) is 0 Å². The van der Waals surface area contributed by atoms with Crippen LogP contribution in [0.25, 0.3) is 0 Å². The van der Waals surface area contributed by atoms with Crippen molar-refractivity contribution >= 4 is 17.3 Å². The van der Waals surface area contributed by atoms with Gasteiger partial charge in [-0.2, -0.15) is 5.26 Å². The van der Waals surface area contributed by atoms with E-state index in [9.17, 15) is 4.79 Å². The molecular formula is C12H13NO3S. The Bertz CT molecular complexity index is 449. The molecule has 1 saturated carbocycles. The zero-order valence-electron chi connectivity index (χ0n) is 9.51. The van der Waals surface area contributed by atoms with Gasteiger partial charge >= 0.3 is 5.97 Å². The molecule has 0 spiro atoms. The van der Waals surface area contributed by atoms with Crippen LogP contribution in [0.4, 0.5) is 0 Å². The Morgan fingerprint density at radius 2 is 2.29 bits per heavy atom. The first kappa shape index (κ1) is 12.1. The molecule has 1 fully saturated rings. The largest absolute Gasteiger partial charge is 0.455 e. The lowest BCUT2D eigenvalue weighted by molar-refractivity contribution is -0.0203. The fourth-order valence-corrected chi connectivity index (χ4v) is 2.77. The van der Waals surface area contributed by atoms with Gasteiger partial charge in [0.05, 0.1) is 11.7 Å². The zero-order valence-corrected chi connectivity index (χ0v) is 10.3. The third kappa shape index (κ3) is 2.48. The van der Waals surface area contributed by atoms with Crippen LogP contribution < -0.4 is 0 Å². The molecule has 5 heteroatoms. The molecule has 0 aliphatic heterocycles. The maximum Gasteiger partial charge on any atom is 0.350 e. The van der Waals surface area contributed by atoms with Gasteiger partial charge in [-0.3, -0.25) is 0 Å². The molecule has 1 aromatic rings. The third-order valence-corrected chi connectivity index (χ3v) is 3.82. The summed E-state index contributed by atoms with van der Waals surface area (Å²) in [6.45, 7) is 0. The molecule has 4 nitrogen and oxygen atoms in total. The van der Waals surface area contributed by atoms with Crippen molar-refractivity contribution in [2.75, 3.05) is 7.11 Å². The molecule has 1 aliphatic carbocycles. The van der Waals surface area contributed by atoms with Crippen molar-refractivity contribution in [3.63, 3.8) is 0 Å². The maximum absolute atomic E-state index is 11.9. The molecule has 0 radical (unpaired) electrons. The van der Waals surface area contributed by atoms with E-state index in [1.54, 1.807) is 18.6 Å². The van der Waals surface area contributed by atoms with E-state index < -0.39 is 5.97 Å². The van der Waals surface area contributed by atoms with E-state index in [-0.39, 0.29) is 12.2 Å². The van der Waals surface area contributed by atoms with Gasteiger partial charge < -0.3 is 9.47 Å². The van der Waals surface area contributed by atoms with E-state index in [0.29, 0.717) is 10.4 Å². The highest BCUT2D eigenvalue weighted by molar-refractivity contribution is 7.12. The maximum atomic E-state index is 11.9. The quantitative estimate of drug-likeness (QED) is 0.774. The lowest BCUT2D eigenvalue weighted by Crippen LogP contribution is -2.27. The van der Waals surface area contributed by atoms with E-state index >= 15 is 0 Å². The molecule has 2 rings (SSSR count). The van der Waals surface area contributed by atoms with Gasteiger partial charge in [-0.05, 0) is 30.7 Å². The normalized spacial score (nSPS) is 23.3. The molecule has 1 heterocycles. The number of nitriles is 1. The monoisotopic (exact) mass is 251 g/mol. The molecule has 0 aromatic carbocycles. The van der Waals surface area contributed by atoms with Gasteiger partial charge in [0.2, 0.25) is 0 Å². The minimum atomic E-state index is -0.412. The lowest BCUT2D eigenvalue weighted by atomic mass is 10.2. The summed E-state index contributed by atoms with van der Waals surface area (Å²) in [7, 11) is 1.63. The highest BCUT2D eigenvalue weighted by atomic mass is 32.1. The summed E-state index contributed by atoms with van der Waals surface area (Å²) in [6, 6.07) is 3.61. The second-order valence-corrected chi connectivity index (χ2v) is 4.84. The van der Waals surface area contributed by atoms with Crippen molar-refractivity contribution in [1.29, 1.82) is 5.26 Å². The van der Waals surface area contributed by atoms with Crippen LogP contribution in [0.5, 0.6) is 0 Å². The highest BCUT2D eigenvalue weighted by Gasteiger charge is 2.31. The van der Waals surface area contributed by atoms with Gasteiger partial charge in [0.15, 0.2) is 0 Å². The standard InChI is InChI=1S/C12H13NO3S/c1-15-9-3-2-4-10(9)16-12(14)11-8(7-13)5-6-17-11/h5-6,9-10H,2-4H2,1H3/t9-,10-/m1/s1. The highest BCUT2D eigenvalue weighted by Crippen LogP contribution is 2.26. The fraction of sp³-hybridized carbons (Fsp3) is 0.500. The van der Waals surface area contributed by atoms with Crippen LogP contribution in [-0.4, -0.2) is 25.3 Å². The smallest absolute Gasteiger partial charge is 0.350 e. The number of thiophene rings is 1. The van der Waals surface area contributed by atoms with Gasteiger partial charge in [-0.15, -0.1) is 11.3 Å². The summed E-state index contributed by atoms with van der Waals surface area (Å²) in [5.41, 5.74) is 0.381. The van der Waals surface area contributed by atoms with Crippen LogP contribution in [0.2, 0.25) is 0 Å². The molecule has 0 amide bonds. The second-order valence-electron chi connectivity index (χ2n) is 3.92. The van der Waals surface area contributed by atoms with E-state index in [4.69, 9.17) is 14.7 Å². The van der Waals surface area contributed by atoms with Gasteiger partial charge in [0.1, 0.15) is 17.1 Å². The average Bonchev–Trinajstić information content (AvgIpc) is 2.96. The Hall–Kier alpha value is -1.38. The number of nitrogens with zero attached hydrogens (tertiary/aromatic N) is 1. The van der Waals surface area contributed by atoms with Gasteiger partial charge in [-0.1, -0.05) is 0 Å². The Morgan fingerprint density at radius 3 is 3.00 bits per heavy atom. The fourth-order valence-electron chi connectivity index (χ4n) is 2.04. The van der Waals surface area contributed by atoms with Crippen LogP contribution in [0.3, 0.4) is 0 Å². The second kappa shape index (κ2) is 5.30. The Balaban J connectivity index is 2.05. The Labute approximate surface area is 104 Å². The Kier molecular flexibility index (Phi) is 3.77. The molecule has 0 bridgehead atoms. The van der Waals surface area contributed by atoms with E-state index in [1.807, 2.05) is 6.07 Å². The molecule has 2 atom stereocenters. The summed E-state index contributed by atoms with van der Waals surface area (Å²) < 4.78 is 10.7. The third-order valence-electron chi connectivity index (χ3n) is 2.92. The predicted molar refractivity (Wildman–Crippen MR) is 62.9 cm³/mol. The molecule has 90 valence electrons. The van der Waals surface area contributed by atoms with Crippen molar-refractivity contribution in [2.45, 2.75) is 31.5 Å². The first-order valence-electron chi connectivity index (χ1n) is 5.47. The van der Waals surface area contributed by atoms with Crippen LogP contribution >= 0.6 is 11.3 Å². The molecular weight excluding hydrogens is 238 g/mol. The minimum Gasteiger partial charge on any atom is -0.455 e. The number of carbonyl (C=O) groups excluding carboxylic acids is 1. The van der Waals surface area contributed by atoms with Crippen molar-refractivity contribution in [2.24, 2.45) is 0 Å². The molecule has 17 heavy (non-hydrogen) atoms. The number of rotatable bonds is 3. The molecule has 0 saturated heterocycles. The number of hydrogen-bond acceptors (Lipinski definition) is 5. The topological polar surface area (TPSA) is 59.3 Å². The van der Waals surface area contributed by atoms with Gasteiger partial charge in [-0.25, -0.2) is 4.79 Å². The molecule has 0 N–H and O–H groups in total. The van der Waals surface area contributed by atoms with Gasteiger partial charge in [0, 0.05) is 7.11 Å². The molecule has 0 unspecified atom stereocenters. The summed E-state index contributed by atoms with van der Waals surface area (Å²) in [6.07, 6.45) is 2.57. The zero-order chi connectivity index (χ0) is 12.3. The van der Waals surface area contributed by atoms with E-state index in [0.717, 1.165) is 19.3 Å². The SMILES string of the molecule is CO[C@@H]1CCC[C@H]1OC(=O)c1sccc1C#N. The summed E-state index contributed by atoms with van der Waals surface area (Å²) >= 11 is 1.24. The van der Waals surface area contributed by atoms with Crippen LogP contribution in [-0.2, 0) is 9.47 Å². The minimum absolute atomic E-state index is 0.00977. The lowest BCUT2D eigenvalue weighted by Gasteiger charge is -2.18. The number of carbonyl (C=O) groups is 1. The van der Waals surface area contributed by atoms with Gasteiger partial charge in [0.25, 0.3) is 0 Å². The number of esters is 1. The average molecular weight is 251 g/mol. The van der Waals surface area contributed by atoms with Crippen LogP contribution in [0.15, 0.2) is 11.4 Å². The summed E-state index contributed by atoms with van der Waals surface area (Å²) in [4.78, 5) is 12.3. The number of ether oxygens (including phenoxy) is 2. The van der Waals surface area contributed by atoms with Crippen molar-refractivity contribution in [3.05, 3.63) is 21.9 Å². The summed E-state index contributed by atoms with van der Waals surface area (Å²) in [5.74, 6) is -0.412. The van der Waals surface area contributed by atoms with Crippen molar-refractivity contribution in [3.8, 4) is 6.07 Å². The Morgan fingerprint density at radius 1 is 1.53 bits per heavy atom.